The summed E-state index contributed by atoms with van der Waals surface area (Å²) in [4.78, 5) is 13.6. The van der Waals surface area contributed by atoms with Gasteiger partial charge in [-0.15, -0.1) is 11.3 Å². The van der Waals surface area contributed by atoms with Gasteiger partial charge in [-0.2, -0.15) is 4.31 Å². The van der Waals surface area contributed by atoms with Crippen LogP contribution in [0.1, 0.15) is 16.5 Å². The zero-order valence-electron chi connectivity index (χ0n) is 14.1. The summed E-state index contributed by atoms with van der Waals surface area (Å²) in [5.74, 6) is -0.561. The molecule has 7 heteroatoms. The summed E-state index contributed by atoms with van der Waals surface area (Å²) >= 11 is 1.54. The first kappa shape index (κ1) is 17.2. The van der Waals surface area contributed by atoms with E-state index < -0.39 is 22.0 Å². The average Bonchev–Trinajstić information content (AvgIpc) is 3.15. The van der Waals surface area contributed by atoms with E-state index in [1.807, 2.05) is 35.7 Å². The van der Waals surface area contributed by atoms with Gasteiger partial charge in [0, 0.05) is 11.4 Å². The Morgan fingerprint density at radius 3 is 2.69 bits per heavy atom. The Morgan fingerprint density at radius 2 is 1.92 bits per heavy atom. The molecule has 1 aromatic heterocycles. The first-order valence-corrected chi connectivity index (χ1v) is 10.5. The number of ether oxygens (including phenoxy) is 1. The summed E-state index contributed by atoms with van der Waals surface area (Å²) in [6.45, 7) is 0.252. The quantitative estimate of drug-likeness (QED) is 0.647. The molecule has 2 aromatic carbocycles. The Labute approximate surface area is 155 Å². The highest BCUT2D eigenvalue weighted by molar-refractivity contribution is 7.89. The molecule has 1 unspecified atom stereocenters. The summed E-state index contributed by atoms with van der Waals surface area (Å²) in [7, 11) is -2.56. The molecule has 134 valence electrons. The fourth-order valence-corrected chi connectivity index (χ4v) is 5.87. The van der Waals surface area contributed by atoms with Crippen LogP contribution < -0.4 is 0 Å². The maximum atomic E-state index is 13.3. The van der Waals surface area contributed by atoms with Crippen LogP contribution in [-0.2, 0) is 26.0 Å². The zero-order valence-corrected chi connectivity index (χ0v) is 15.7. The largest absolute Gasteiger partial charge is 0.468 e. The molecule has 0 N–H and O–H groups in total. The monoisotopic (exact) mass is 387 g/mol. The van der Waals surface area contributed by atoms with Crippen molar-refractivity contribution >= 4 is 38.1 Å². The molecule has 0 radical (unpaired) electrons. The van der Waals surface area contributed by atoms with Crippen molar-refractivity contribution < 1.29 is 17.9 Å². The number of carbonyl (C=O) groups excluding carboxylic acids is 1. The van der Waals surface area contributed by atoms with Gasteiger partial charge >= 0.3 is 5.97 Å². The second-order valence-corrected chi connectivity index (χ2v) is 8.99. The van der Waals surface area contributed by atoms with Gasteiger partial charge in [-0.25, -0.2) is 13.2 Å². The molecule has 0 saturated heterocycles. The van der Waals surface area contributed by atoms with Crippen molar-refractivity contribution in [1.29, 1.82) is 0 Å². The molecule has 0 aliphatic carbocycles. The van der Waals surface area contributed by atoms with Crippen molar-refractivity contribution in [2.75, 3.05) is 13.7 Å². The molecular formula is C19H17NO4S2. The minimum atomic E-state index is -3.84. The molecule has 26 heavy (non-hydrogen) atoms. The topological polar surface area (TPSA) is 63.7 Å². The minimum Gasteiger partial charge on any atom is -0.468 e. The number of carbonyl (C=O) groups is 1. The highest BCUT2D eigenvalue weighted by Gasteiger charge is 2.41. The molecule has 0 amide bonds. The van der Waals surface area contributed by atoms with E-state index in [9.17, 15) is 13.2 Å². The Kier molecular flexibility index (Phi) is 4.30. The van der Waals surface area contributed by atoms with Crippen molar-refractivity contribution in [3.63, 3.8) is 0 Å². The molecular weight excluding hydrogens is 370 g/mol. The number of hydrogen-bond acceptors (Lipinski definition) is 5. The van der Waals surface area contributed by atoms with E-state index in [4.69, 9.17) is 4.74 Å². The van der Waals surface area contributed by atoms with Crippen LogP contribution in [0, 0.1) is 0 Å². The van der Waals surface area contributed by atoms with E-state index in [0.717, 1.165) is 21.2 Å². The molecule has 1 aliphatic heterocycles. The fourth-order valence-electron chi connectivity index (χ4n) is 3.37. The molecule has 4 rings (SSSR count). The first-order valence-electron chi connectivity index (χ1n) is 8.17. The van der Waals surface area contributed by atoms with Crippen LogP contribution in [0.2, 0.25) is 0 Å². The Balaban J connectivity index is 1.82. The Morgan fingerprint density at radius 1 is 1.15 bits per heavy atom. The third-order valence-electron chi connectivity index (χ3n) is 4.67. The lowest BCUT2D eigenvalue weighted by Gasteiger charge is -2.33. The van der Waals surface area contributed by atoms with Crippen LogP contribution >= 0.6 is 11.3 Å². The number of nitrogens with zero attached hydrogens (tertiary/aromatic N) is 1. The summed E-state index contributed by atoms with van der Waals surface area (Å²) < 4.78 is 32.8. The number of sulfonamides is 1. The standard InChI is InChI=1S/C19H17NO4S2/c1-24-19(21)18-16-9-11-25-17(16)8-10-20(18)26(22,23)15-7-6-13-4-2-3-5-14(13)12-15/h2-7,9,11-12,18H,8,10H2,1H3. The van der Waals surface area contributed by atoms with Gasteiger partial charge in [0.15, 0.2) is 0 Å². The lowest BCUT2D eigenvalue weighted by Crippen LogP contribution is -2.43. The number of hydrogen-bond donors (Lipinski definition) is 0. The second-order valence-electron chi connectivity index (χ2n) is 6.10. The summed E-state index contributed by atoms with van der Waals surface area (Å²) in [6, 6.07) is 13.5. The minimum absolute atomic E-state index is 0.184. The van der Waals surface area contributed by atoms with Crippen molar-refractivity contribution in [2.24, 2.45) is 0 Å². The number of benzene rings is 2. The number of thiophene rings is 1. The highest BCUT2D eigenvalue weighted by atomic mass is 32.2. The van der Waals surface area contributed by atoms with Crippen LogP contribution in [0.5, 0.6) is 0 Å². The van der Waals surface area contributed by atoms with Crippen molar-refractivity contribution in [3.05, 3.63) is 64.4 Å². The lowest BCUT2D eigenvalue weighted by molar-refractivity contribution is -0.145. The molecule has 2 heterocycles. The van der Waals surface area contributed by atoms with E-state index in [0.29, 0.717) is 6.42 Å². The maximum Gasteiger partial charge on any atom is 0.328 e. The normalized spacial score (nSPS) is 17.8. The van der Waals surface area contributed by atoms with Gasteiger partial charge in [-0.3, -0.25) is 0 Å². The summed E-state index contributed by atoms with van der Waals surface area (Å²) in [5.41, 5.74) is 0.720. The highest BCUT2D eigenvalue weighted by Crippen LogP contribution is 2.37. The predicted octanol–water partition coefficient (Wildman–Crippen LogP) is 3.36. The lowest BCUT2D eigenvalue weighted by atomic mass is 10.0. The maximum absolute atomic E-state index is 13.3. The van der Waals surface area contributed by atoms with Gasteiger partial charge in [0.1, 0.15) is 6.04 Å². The average molecular weight is 387 g/mol. The van der Waals surface area contributed by atoms with Crippen LogP contribution in [0.3, 0.4) is 0 Å². The van der Waals surface area contributed by atoms with E-state index in [1.54, 1.807) is 18.2 Å². The van der Waals surface area contributed by atoms with Gasteiger partial charge in [0.05, 0.1) is 12.0 Å². The van der Waals surface area contributed by atoms with Gasteiger partial charge < -0.3 is 4.74 Å². The van der Waals surface area contributed by atoms with Gasteiger partial charge in [0.2, 0.25) is 10.0 Å². The summed E-state index contributed by atoms with van der Waals surface area (Å²) in [5, 5.41) is 3.69. The molecule has 1 aliphatic rings. The number of fused-ring (bicyclic) bond motifs is 2. The fraction of sp³-hybridized carbons (Fsp3) is 0.211. The molecule has 0 saturated carbocycles. The van der Waals surface area contributed by atoms with Crippen molar-refractivity contribution in [3.8, 4) is 0 Å². The second kappa shape index (κ2) is 6.50. The zero-order chi connectivity index (χ0) is 18.3. The van der Waals surface area contributed by atoms with E-state index in [-0.39, 0.29) is 11.4 Å². The predicted molar refractivity (Wildman–Crippen MR) is 101 cm³/mol. The van der Waals surface area contributed by atoms with Crippen LogP contribution in [0.25, 0.3) is 10.8 Å². The van der Waals surface area contributed by atoms with Crippen molar-refractivity contribution in [1.82, 2.24) is 4.31 Å². The number of methoxy groups -OCH3 is 1. The molecule has 1 atom stereocenters. The molecule has 0 fully saturated rings. The third-order valence-corrected chi connectivity index (χ3v) is 7.53. The Hall–Kier alpha value is -2.22. The first-order chi connectivity index (χ1) is 12.5. The number of rotatable bonds is 3. The van der Waals surface area contributed by atoms with E-state index in [2.05, 4.69) is 0 Å². The SMILES string of the molecule is COC(=O)C1c2ccsc2CCN1S(=O)(=O)c1ccc2ccccc2c1. The molecule has 5 nitrogen and oxygen atoms in total. The van der Waals surface area contributed by atoms with Crippen LogP contribution in [0.15, 0.2) is 58.8 Å². The molecule has 0 spiro atoms. The summed E-state index contributed by atoms with van der Waals surface area (Å²) in [6.07, 6.45) is 0.591. The molecule has 3 aromatic rings. The molecule has 0 bridgehead atoms. The van der Waals surface area contributed by atoms with Crippen LogP contribution in [-0.4, -0.2) is 32.3 Å². The third kappa shape index (κ3) is 2.72. The van der Waals surface area contributed by atoms with Crippen molar-refractivity contribution in [2.45, 2.75) is 17.4 Å². The van der Waals surface area contributed by atoms with Gasteiger partial charge in [-0.05, 0) is 46.3 Å². The Bertz CT molecular complexity index is 1090. The van der Waals surface area contributed by atoms with Gasteiger partial charge in [-0.1, -0.05) is 30.3 Å². The van der Waals surface area contributed by atoms with E-state index in [1.165, 1.54) is 22.8 Å². The van der Waals surface area contributed by atoms with E-state index >= 15 is 0 Å². The smallest absolute Gasteiger partial charge is 0.328 e. The number of esters is 1. The van der Waals surface area contributed by atoms with Gasteiger partial charge in [0.25, 0.3) is 0 Å². The van der Waals surface area contributed by atoms with Crippen LogP contribution in [0.4, 0.5) is 0 Å².